The van der Waals surface area contributed by atoms with Gasteiger partial charge in [-0.15, -0.1) is 0 Å². The van der Waals surface area contributed by atoms with Crippen molar-refractivity contribution in [2.75, 3.05) is 41.0 Å². The van der Waals surface area contributed by atoms with Crippen molar-refractivity contribution in [2.45, 2.75) is 38.3 Å². The second kappa shape index (κ2) is 10.2. The van der Waals surface area contributed by atoms with E-state index in [2.05, 4.69) is 5.32 Å². The number of likely N-dealkylation sites (tertiary alicyclic amines) is 1. The van der Waals surface area contributed by atoms with E-state index < -0.39 is 6.04 Å². The maximum absolute atomic E-state index is 13.5. The van der Waals surface area contributed by atoms with Gasteiger partial charge in [0.05, 0.1) is 27.4 Å². The van der Waals surface area contributed by atoms with Gasteiger partial charge in [0.15, 0.2) is 11.5 Å². The summed E-state index contributed by atoms with van der Waals surface area (Å²) in [5, 5.41) is 2.95. The number of hydrogen-bond acceptors (Lipinski definition) is 5. The van der Waals surface area contributed by atoms with Crippen LogP contribution in [0.1, 0.15) is 42.5 Å². The summed E-state index contributed by atoms with van der Waals surface area (Å²) in [6.45, 7) is 3.78. The molecule has 4 rings (SSSR count). The molecule has 0 spiro atoms. The molecular weight excluding hydrogens is 434 g/mol. The molecule has 2 heterocycles. The standard InChI is InChI=1S/C26H33N3O5/c1-17(25(30)28-12-5-6-13-28)27-26(31)29-14-11-19-15-22(33-3)23(34-4)16-21(19)24(29)18-7-9-20(32-2)10-8-18/h7-10,15-17,24H,5-6,11-14H2,1-4H3,(H,27,31)/t17-,24?/m0/s1. The minimum absolute atomic E-state index is 0.0318. The van der Waals surface area contributed by atoms with Crippen LogP contribution in [0.4, 0.5) is 4.79 Å². The van der Waals surface area contributed by atoms with Crippen LogP contribution in [0, 0.1) is 0 Å². The van der Waals surface area contributed by atoms with E-state index in [1.807, 2.05) is 41.3 Å². The fourth-order valence-electron chi connectivity index (χ4n) is 4.85. The number of carbonyl (C=O) groups excluding carboxylic acids is 2. The van der Waals surface area contributed by atoms with E-state index in [9.17, 15) is 9.59 Å². The lowest BCUT2D eigenvalue weighted by Gasteiger charge is -2.38. The molecule has 0 aliphatic carbocycles. The predicted molar refractivity (Wildman–Crippen MR) is 129 cm³/mol. The van der Waals surface area contributed by atoms with Gasteiger partial charge in [0.2, 0.25) is 5.91 Å². The third-order valence-electron chi connectivity index (χ3n) is 6.69. The molecule has 8 nitrogen and oxygen atoms in total. The third-order valence-corrected chi connectivity index (χ3v) is 6.69. The molecule has 2 aromatic rings. The second-order valence-electron chi connectivity index (χ2n) is 8.73. The molecule has 3 amide bonds. The summed E-state index contributed by atoms with van der Waals surface area (Å²) in [5.74, 6) is 1.99. The van der Waals surface area contributed by atoms with Crippen molar-refractivity contribution in [2.24, 2.45) is 0 Å². The van der Waals surface area contributed by atoms with Crippen LogP contribution in [0.2, 0.25) is 0 Å². The summed E-state index contributed by atoms with van der Waals surface area (Å²) in [6, 6.07) is 10.4. The smallest absolute Gasteiger partial charge is 0.318 e. The van der Waals surface area contributed by atoms with E-state index in [0.29, 0.717) is 24.5 Å². The first-order valence-corrected chi connectivity index (χ1v) is 11.7. The molecule has 2 aliphatic heterocycles. The van der Waals surface area contributed by atoms with Crippen molar-refractivity contribution < 1.29 is 23.8 Å². The SMILES string of the molecule is COc1ccc(C2c3cc(OC)c(OC)cc3CCN2C(=O)N[C@@H](C)C(=O)N2CCCC2)cc1. The highest BCUT2D eigenvalue weighted by atomic mass is 16.5. The Morgan fingerprint density at radius 1 is 0.941 bits per heavy atom. The van der Waals surface area contributed by atoms with E-state index in [1.165, 1.54) is 0 Å². The molecule has 0 bridgehead atoms. The first-order valence-electron chi connectivity index (χ1n) is 11.7. The second-order valence-corrected chi connectivity index (χ2v) is 8.73. The maximum Gasteiger partial charge on any atom is 0.318 e. The highest BCUT2D eigenvalue weighted by Crippen LogP contribution is 2.41. The number of urea groups is 1. The molecule has 182 valence electrons. The number of ether oxygens (including phenoxy) is 3. The quantitative estimate of drug-likeness (QED) is 0.705. The van der Waals surface area contributed by atoms with E-state index >= 15 is 0 Å². The summed E-state index contributed by atoms with van der Waals surface area (Å²) in [6.07, 6.45) is 2.70. The van der Waals surface area contributed by atoms with Crippen molar-refractivity contribution in [3.63, 3.8) is 0 Å². The minimum Gasteiger partial charge on any atom is -0.497 e. The molecule has 34 heavy (non-hydrogen) atoms. The average molecular weight is 468 g/mol. The van der Waals surface area contributed by atoms with E-state index in [-0.39, 0.29) is 18.0 Å². The van der Waals surface area contributed by atoms with E-state index in [0.717, 1.165) is 48.4 Å². The topological polar surface area (TPSA) is 80.3 Å². The Balaban J connectivity index is 1.66. The van der Waals surface area contributed by atoms with Crippen LogP contribution in [0.25, 0.3) is 0 Å². The fourth-order valence-corrected chi connectivity index (χ4v) is 4.85. The predicted octanol–water partition coefficient (Wildman–Crippen LogP) is 3.38. The molecule has 0 saturated carbocycles. The summed E-state index contributed by atoms with van der Waals surface area (Å²) >= 11 is 0. The first-order chi connectivity index (χ1) is 16.5. The van der Waals surface area contributed by atoms with Crippen molar-refractivity contribution >= 4 is 11.9 Å². The van der Waals surface area contributed by atoms with Crippen LogP contribution in [0.15, 0.2) is 36.4 Å². The summed E-state index contributed by atoms with van der Waals surface area (Å²) in [4.78, 5) is 29.9. The third kappa shape index (κ3) is 4.62. The highest BCUT2D eigenvalue weighted by molar-refractivity contribution is 5.87. The molecule has 1 fully saturated rings. The molecule has 1 saturated heterocycles. The number of hydrogen-bond donors (Lipinski definition) is 1. The number of amides is 3. The largest absolute Gasteiger partial charge is 0.497 e. The number of nitrogens with one attached hydrogen (secondary N) is 1. The Morgan fingerprint density at radius 2 is 1.59 bits per heavy atom. The van der Waals surface area contributed by atoms with Gasteiger partial charge >= 0.3 is 6.03 Å². The summed E-state index contributed by atoms with van der Waals surface area (Å²) in [5.41, 5.74) is 3.02. The van der Waals surface area contributed by atoms with Crippen molar-refractivity contribution in [3.05, 3.63) is 53.1 Å². The first kappa shape index (κ1) is 23.7. The number of benzene rings is 2. The van der Waals surface area contributed by atoms with E-state index in [1.54, 1.807) is 33.2 Å². The van der Waals surface area contributed by atoms with Crippen molar-refractivity contribution in [1.82, 2.24) is 15.1 Å². The van der Waals surface area contributed by atoms with Gasteiger partial charge in [0, 0.05) is 19.6 Å². The Labute approximate surface area is 200 Å². The van der Waals surface area contributed by atoms with Gasteiger partial charge in [0.1, 0.15) is 11.8 Å². The van der Waals surface area contributed by atoms with Gasteiger partial charge in [0.25, 0.3) is 0 Å². The van der Waals surface area contributed by atoms with Gasteiger partial charge in [-0.05, 0) is 67.1 Å². The van der Waals surface area contributed by atoms with Gasteiger partial charge < -0.3 is 29.3 Å². The molecule has 2 atom stereocenters. The van der Waals surface area contributed by atoms with Crippen molar-refractivity contribution in [1.29, 1.82) is 0 Å². The van der Waals surface area contributed by atoms with Gasteiger partial charge in [-0.1, -0.05) is 12.1 Å². The van der Waals surface area contributed by atoms with Crippen LogP contribution in [0.5, 0.6) is 17.2 Å². The number of methoxy groups -OCH3 is 3. The summed E-state index contributed by atoms with van der Waals surface area (Å²) < 4.78 is 16.4. The molecule has 0 aromatic heterocycles. The van der Waals surface area contributed by atoms with Gasteiger partial charge in [-0.2, -0.15) is 0 Å². The lowest BCUT2D eigenvalue weighted by molar-refractivity contribution is -0.131. The molecule has 1 unspecified atom stereocenters. The Kier molecular flexibility index (Phi) is 7.14. The van der Waals surface area contributed by atoms with Crippen LogP contribution >= 0.6 is 0 Å². The zero-order valence-electron chi connectivity index (χ0n) is 20.3. The highest BCUT2D eigenvalue weighted by Gasteiger charge is 2.35. The Hall–Kier alpha value is -3.42. The molecule has 2 aromatic carbocycles. The van der Waals surface area contributed by atoms with Crippen LogP contribution in [-0.4, -0.2) is 68.7 Å². The van der Waals surface area contributed by atoms with E-state index in [4.69, 9.17) is 14.2 Å². The summed E-state index contributed by atoms with van der Waals surface area (Å²) in [7, 11) is 4.85. The van der Waals surface area contributed by atoms with Gasteiger partial charge in [-0.3, -0.25) is 4.79 Å². The lowest BCUT2D eigenvalue weighted by Crippen LogP contribution is -2.52. The monoisotopic (exact) mass is 467 g/mol. The van der Waals surface area contributed by atoms with Crippen molar-refractivity contribution in [3.8, 4) is 17.2 Å². The van der Waals surface area contributed by atoms with Crippen LogP contribution < -0.4 is 19.5 Å². The molecular formula is C26H33N3O5. The number of carbonyl (C=O) groups is 2. The number of fused-ring (bicyclic) bond motifs is 1. The lowest BCUT2D eigenvalue weighted by atomic mass is 9.87. The normalized spacial score (nSPS) is 18.2. The van der Waals surface area contributed by atoms with Crippen LogP contribution in [0.3, 0.4) is 0 Å². The van der Waals surface area contributed by atoms with Gasteiger partial charge in [-0.25, -0.2) is 4.79 Å². The number of rotatable bonds is 6. The van der Waals surface area contributed by atoms with Crippen LogP contribution in [-0.2, 0) is 11.2 Å². The molecule has 1 N–H and O–H groups in total. The Bertz CT molecular complexity index is 1030. The minimum atomic E-state index is -0.589. The Morgan fingerprint density at radius 3 is 2.21 bits per heavy atom. The zero-order valence-corrected chi connectivity index (χ0v) is 20.3. The molecule has 2 aliphatic rings. The molecule has 8 heteroatoms. The zero-order chi connectivity index (χ0) is 24.2. The maximum atomic E-state index is 13.5. The average Bonchev–Trinajstić information content (AvgIpc) is 3.41. The molecule has 0 radical (unpaired) electrons. The number of nitrogens with zero attached hydrogens (tertiary/aromatic N) is 2. The fraction of sp³-hybridized carbons (Fsp3) is 0.462.